The normalized spacial score (nSPS) is 9.33. The zero-order valence-corrected chi connectivity index (χ0v) is 10.3. The van der Waals surface area contributed by atoms with Crippen molar-refractivity contribution in [2.24, 2.45) is 5.73 Å². The molecular formula is C10H15Cl2NO2. The summed E-state index contributed by atoms with van der Waals surface area (Å²) < 4.78 is 10.3. The molecule has 3 nitrogen and oxygen atoms in total. The van der Waals surface area contributed by atoms with Gasteiger partial charge in [-0.25, -0.2) is 0 Å². The Bertz CT molecular complexity index is 319. The number of nitrogens with two attached hydrogens (primary N) is 1. The zero-order chi connectivity index (χ0) is 10.6. The molecule has 0 aliphatic rings. The first-order valence-corrected chi connectivity index (χ1v) is 4.71. The Morgan fingerprint density at radius 3 is 2.40 bits per heavy atom. The number of rotatable bonds is 4. The van der Waals surface area contributed by atoms with Gasteiger partial charge in [0.05, 0.1) is 19.2 Å². The Kier molecular flexibility index (Phi) is 6.48. The lowest BCUT2D eigenvalue weighted by molar-refractivity contribution is 0.354. The first-order valence-electron chi connectivity index (χ1n) is 4.34. The highest BCUT2D eigenvalue weighted by Crippen LogP contribution is 2.37. The molecule has 0 radical (unpaired) electrons. The SMILES string of the molecule is COc1ccc(CCN)c(Cl)c1OC.Cl. The monoisotopic (exact) mass is 251 g/mol. The van der Waals surface area contributed by atoms with Crippen molar-refractivity contribution in [3.8, 4) is 11.5 Å². The van der Waals surface area contributed by atoms with Crippen LogP contribution in [0.4, 0.5) is 0 Å². The van der Waals surface area contributed by atoms with E-state index in [4.69, 9.17) is 26.8 Å². The second kappa shape index (κ2) is 6.77. The van der Waals surface area contributed by atoms with E-state index in [1.165, 1.54) is 0 Å². The fraction of sp³-hybridized carbons (Fsp3) is 0.400. The van der Waals surface area contributed by atoms with Crippen LogP contribution in [-0.4, -0.2) is 20.8 Å². The van der Waals surface area contributed by atoms with Gasteiger partial charge in [-0.2, -0.15) is 0 Å². The summed E-state index contributed by atoms with van der Waals surface area (Å²) >= 11 is 6.11. The minimum atomic E-state index is 0. The summed E-state index contributed by atoms with van der Waals surface area (Å²) in [4.78, 5) is 0. The van der Waals surface area contributed by atoms with Gasteiger partial charge in [-0.3, -0.25) is 0 Å². The Morgan fingerprint density at radius 2 is 1.93 bits per heavy atom. The molecule has 0 saturated carbocycles. The molecule has 0 aliphatic carbocycles. The second-order valence-corrected chi connectivity index (χ2v) is 3.19. The van der Waals surface area contributed by atoms with E-state index in [1.54, 1.807) is 14.2 Å². The van der Waals surface area contributed by atoms with Crippen molar-refractivity contribution in [1.82, 2.24) is 0 Å². The smallest absolute Gasteiger partial charge is 0.179 e. The van der Waals surface area contributed by atoms with E-state index in [9.17, 15) is 0 Å². The van der Waals surface area contributed by atoms with Crippen LogP contribution in [0.2, 0.25) is 5.02 Å². The Balaban J connectivity index is 0.00000196. The highest BCUT2D eigenvalue weighted by molar-refractivity contribution is 6.33. The fourth-order valence-corrected chi connectivity index (χ4v) is 1.61. The summed E-state index contributed by atoms with van der Waals surface area (Å²) in [5.41, 5.74) is 6.44. The Hall–Kier alpha value is -0.640. The molecule has 0 bridgehead atoms. The van der Waals surface area contributed by atoms with E-state index in [0.717, 1.165) is 12.0 Å². The number of methoxy groups -OCH3 is 2. The lowest BCUT2D eigenvalue weighted by atomic mass is 10.1. The average Bonchev–Trinajstić information content (AvgIpc) is 2.21. The predicted octanol–water partition coefficient (Wildman–Crippen LogP) is 2.28. The maximum atomic E-state index is 6.11. The van der Waals surface area contributed by atoms with Crippen molar-refractivity contribution in [2.75, 3.05) is 20.8 Å². The molecule has 0 fully saturated rings. The Labute approximate surface area is 101 Å². The van der Waals surface area contributed by atoms with Gasteiger partial charge in [0.2, 0.25) is 0 Å². The molecule has 0 aliphatic heterocycles. The van der Waals surface area contributed by atoms with Crippen molar-refractivity contribution >= 4 is 24.0 Å². The van der Waals surface area contributed by atoms with Gasteiger partial charge >= 0.3 is 0 Å². The molecule has 0 aromatic heterocycles. The maximum absolute atomic E-state index is 6.11. The van der Waals surface area contributed by atoms with Crippen molar-refractivity contribution in [3.63, 3.8) is 0 Å². The number of benzene rings is 1. The quantitative estimate of drug-likeness (QED) is 0.894. The van der Waals surface area contributed by atoms with Gasteiger partial charge in [0.25, 0.3) is 0 Å². The molecule has 0 amide bonds. The Morgan fingerprint density at radius 1 is 1.27 bits per heavy atom. The molecule has 0 saturated heterocycles. The van der Waals surface area contributed by atoms with Gasteiger partial charge in [0.1, 0.15) is 0 Å². The number of hydrogen-bond donors (Lipinski definition) is 1. The molecule has 15 heavy (non-hydrogen) atoms. The predicted molar refractivity (Wildman–Crippen MR) is 64.6 cm³/mol. The van der Waals surface area contributed by atoms with Gasteiger partial charge in [-0.05, 0) is 24.6 Å². The average molecular weight is 252 g/mol. The summed E-state index contributed by atoms with van der Waals surface area (Å²) in [5.74, 6) is 1.21. The van der Waals surface area contributed by atoms with Crippen LogP contribution in [0.15, 0.2) is 12.1 Å². The van der Waals surface area contributed by atoms with E-state index < -0.39 is 0 Å². The second-order valence-electron chi connectivity index (χ2n) is 2.81. The van der Waals surface area contributed by atoms with Gasteiger partial charge in [-0.1, -0.05) is 17.7 Å². The van der Waals surface area contributed by atoms with Crippen molar-refractivity contribution in [2.45, 2.75) is 6.42 Å². The number of hydrogen-bond acceptors (Lipinski definition) is 3. The van der Waals surface area contributed by atoms with Crippen LogP contribution in [0.3, 0.4) is 0 Å². The van der Waals surface area contributed by atoms with E-state index in [0.29, 0.717) is 23.1 Å². The van der Waals surface area contributed by atoms with Crippen molar-refractivity contribution < 1.29 is 9.47 Å². The highest BCUT2D eigenvalue weighted by Gasteiger charge is 2.11. The van der Waals surface area contributed by atoms with Gasteiger partial charge in [0.15, 0.2) is 11.5 Å². The molecule has 86 valence electrons. The van der Waals surface area contributed by atoms with Crippen molar-refractivity contribution in [1.29, 1.82) is 0 Å². The van der Waals surface area contributed by atoms with E-state index in [-0.39, 0.29) is 12.4 Å². The van der Waals surface area contributed by atoms with Crippen LogP contribution in [0, 0.1) is 0 Å². The molecule has 0 unspecified atom stereocenters. The van der Waals surface area contributed by atoms with Gasteiger partial charge < -0.3 is 15.2 Å². The van der Waals surface area contributed by atoms with Gasteiger partial charge in [0, 0.05) is 0 Å². The zero-order valence-electron chi connectivity index (χ0n) is 8.75. The largest absolute Gasteiger partial charge is 0.493 e. The standard InChI is InChI=1S/C10H14ClNO2.ClH/c1-13-8-4-3-7(5-6-12)9(11)10(8)14-2;/h3-4H,5-6,12H2,1-2H3;1H. The van der Waals surface area contributed by atoms with E-state index >= 15 is 0 Å². The molecule has 2 N–H and O–H groups in total. The van der Waals surface area contributed by atoms with Crippen molar-refractivity contribution in [3.05, 3.63) is 22.7 Å². The van der Waals surface area contributed by atoms with E-state index in [2.05, 4.69) is 0 Å². The van der Waals surface area contributed by atoms with Crippen LogP contribution >= 0.6 is 24.0 Å². The van der Waals surface area contributed by atoms with Crippen LogP contribution in [0.25, 0.3) is 0 Å². The fourth-order valence-electron chi connectivity index (χ4n) is 1.28. The minimum absolute atomic E-state index is 0. The molecule has 0 spiro atoms. The van der Waals surface area contributed by atoms with Crippen LogP contribution in [-0.2, 0) is 6.42 Å². The summed E-state index contributed by atoms with van der Waals surface area (Å²) in [6, 6.07) is 3.73. The third-order valence-corrected chi connectivity index (χ3v) is 2.39. The summed E-state index contributed by atoms with van der Waals surface area (Å²) in [5, 5.41) is 0.581. The summed E-state index contributed by atoms with van der Waals surface area (Å²) in [6.07, 6.45) is 0.735. The van der Waals surface area contributed by atoms with Crippen LogP contribution < -0.4 is 15.2 Å². The molecular weight excluding hydrogens is 237 g/mol. The lowest BCUT2D eigenvalue weighted by Crippen LogP contribution is -2.04. The topological polar surface area (TPSA) is 44.5 Å². The third kappa shape index (κ3) is 3.16. The molecule has 1 aromatic rings. The highest BCUT2D eigenvalue weighted by atomic mass is 35.5. The number of halogens is 2. The van der Waals surface area contributed by atoms with Crippen LogP contribution in [0.5, 0.6) is 11.5 Å². The summed E-state index contributed by atoms with van der Waals surface area (Å²) in [7, 11) is 3.15. The molecule has 5 heteroatoms. The lowest BCUT2D eigenvalue weighted by Gasteiger charge is -2.11. The van der Waals surface area contributed by atoms with E-state index in [1.807, 2.05) is 12.1 Å². The summed E-state index contributed by atoms with van der Waals surface area (Å²) in [6.45, 7) is 0.565. The molecule has 1 rings (SSSR count). The minimum Gasteiger partial charge on any atom is -0.493 e. The molecule has 0 atom stereocenters. The maximum Gasteiger partial charge on any atom is 0.179 e. The molecule has 1 aromatic carbocycles. The van der Waals surface area contributed by atoms with Crippen LogP contribution in [0.1, 0.15) is 5.56 Å². The first-order chi connectivity index (χ1) is 6.74. The first kappa shape index (κ1) is 14.4. The van der Waals surface area contributed by atoms with Gasteiger partial charge in [-0.15, -0.1) is 12.4 Å². The molecule has 0 heterocycles. The third-order valence-electron chi connectivity index (χ3n) is 1.98. The number of ether oxygens (including phenoxy) is 2.